The van der Waals surface area contributed by atoms with Gasteiger partial charge in [0.1, 0.15) is 23.7 Å². The maximum absolute atomic E-state index is 13.5. The van der Waals surface area contributed by atoms with E-state index in [0.717, 1.165) is 17.3 Å². The second kappa shape index (κ2) is 13.9. The normalized spacial score (nSPS) is 12.0. The Morgan fingerprint density at radius 2 is 1.71 bits per heavy atom. The molecule has 4 aromatic rings. The topological polar surface area (TPSA) is 127 Å². The first-order valence-electron chi connectivity index (χ1n) is 15.2. The molecule has 11 nitrogen and oxygen atoms in total. The molecule has 0 atom stereocenters. The zero-order valence-electron chi connectivity index (χ0n) is 27.5. The Labute approximate surface area is 264 Å². The SMILES string of the molecule is CCOC(=O)c1cc2nc(-c3nc(C(=O)CCc4ccncc4)n(COCC[Si](C)(C)C)c3C)ccc2n1C(=O)OC(C)(C)C. The molecule has 0 fully saturated rings. The van der Waals surface area contributed by atoms with Crippen molar-refractivity contribution in [1.29, 1.82) is 0 Å². The fraction of sp³-hybridized carbons (Fsp3) is 0.455. The molecule has 0 aromatic carbocycles. The van der Waals surface area contributed by atoms with Crippen LogP contribution in [-0.4, -0.2) is 68.8 Å². The maximum Gasteiger partial charge on any atom is 0.419 e. The maximum atomic E-state index is 13.5. The molecule has 0 aliphatic heterocycles. The molecule has 0 unspecified atom stereocenters. The fourth-order valence-corrected chi connectivity index (χ4v) is 5.44. The zero-order chi connectivity index (χ0) is 32.9. The molecule has 0 bridgehead atoms. The van der Waals surface area contributed by atoms with Crippen molar-refractivity contribution in [2.24, 2.45) is 0 Å². The molecule has 0 aliphatic rings. The summed E-state index contributed by atoms with van der Waals surface area (Å²) in [6.07, 6.45) is 3.52. The van der Waals surface area contributed by atoms with Crippen molar-refractivity contribution in [2.75, 3.05) is 13.2 Å². The largest absolute Gasteiger partial charge is 0.461 e. The number of ether oxygens (including phenoxy) is 3. The van der Waals surface area contributed by atoms with E-state index < -0.39 is 25.7 Å². The molecule has 0 saturated heterocycles. The Morgan fingerprint density at radius 3 is 2.36 bits per heavy atom. The van der Waals surface area contributed by atoms with Crippen molar-refractivity contribution in [3.8, 4) is 11.4 Å². The van der Waals surface area contributed by atoms with E-state index in [1.165, 1.54) is 10.6 Å². The van der Waals surface area contributed by atoms with Crippen molar-refractivity contribution in [3.63, 3.8) is 0 Å². The number of pyridine rings is 2. The number of carbonyl (C=O) groups excluding carboxylic acids is 3. The zero-order valence-corrected chi connectivity index (χ0v) is 28.5. The van der Waals surface area contributed by atoms with Crippen LogP contribution in [0.15, 0.2) is 42.7 Å². The number of aryl methyl sites for hydroxylation is 1. The molecular weight excluding hydrogens is 590 g/mol. The van der Waals surface area contributed by atoms with Gasteiger partial charge in [-0.05, 0) is 83.0 Å². The number of esters is 1. The van der Waals surface area contributed by atoms with Gasteiger partial charge in [0.2, 0.25) is 0 Å². The van der Waals surface area contributed by atoms with Gasteiger partial charge in [-0.15, -0.1) is 0 Å². The monoisotopic (exact) mass is 633 g/mol. The van der Waals surface area contributed by atoms with Crippen LogP contribution in [0.4, 0.5) is 4.79 Å². The number of hydrogen-bond donors (Lipinski definition) is 0. The van der Waals surface area contributed by atoms with Crippen molar-refractivity contribution < 1.29 is 28.6 Å². The standard InChI is InChI=1S/C33H43N5O6Si/c1-9-43-31(40)27-20-25-26(38(27)32(41)44-33(3,4)5)12-11-24(35-25)29-22(2)37(21-42-18-19-45(6,7)8)30(36-29)28(39)13-10-23-14-16-34-17-15-23/h11-12,14-17,20H,9-10,13,18-19,21H2,1-8H3. The average molecular weight is 634 g/mol. The molecule has 0 saturated carbocycles. The summed E-state index contributed by atoms with van der Waals surface area (Å²) < 4.78 is 19.8. The van der Waals surface area contributed by atoms with Gasteiger partial charge in [0.05, 0.1) is 23.3 Å². The predicted molar refractivity (Wildman–Crippen MR) is 174 cm³/mol. The summed E-state index contributed by atoms with van der Waals surface area (Å²) in [5, 5.41) is 0. The summed E-state index contributed by atoms with van der Waals surface area (Å²) in [5.74, 6) is -0.484. The number of ketones is 1. The van der Waals surface area contributed by atoms with Crippen LogP contribution in [0.2, 0.25) is 25.7 Å². The van der Waals surface area contributed by atoms with Crippen LogP contribution in [0.25, 0.3) is 22.4 Å². The minimum atomic E-state index is -1.31. The Hall–Kier alpha value is -4.16. The molecule has 4 aromatic heterocycles. The molecule has 0 spiro atoms. The predicted octanol–water partition coefficient (Wildman–Crippen LogP) is 6.69. The fourth-order valence-electron chi connectivity index (χ4n) is 4.68. The second-order valence-corrected chi connectivity index (χ2v) is 18.7. The third-order valence-corrected chi connectivity index (χ3v) is 8.74. The summed E-state index contributed by atoms with van der Waals surface area (Å²) in [4.78, 5) is 53.2. The highest BCUT2D eigenvalue weighted by Gasteiger charge is 2.28. The van der Waals surface area contributed by atoms with Crippen LogP contribution in [0.5, 0.6) is 0 Å². The number of carbonyl (C=O) groups is 3. The van der Waals surface area contributed by atoms with Crippen LogP contribution >= 0.6 is 0 Å². The van der Waals surface area contributed by atoms with Gasteiger partial charge in [-0.2, -0.15) is 0 Å². The van der Waals surface area contributed by atoms with E-state index in [1.54, 1.807) is 56.8 Å². The van der Waals surface area contributed by atoms with Crippen LogP contribution in [0.3, 0.4) is 0 Å². The highest BCUT2D eigenvalue weighted by atomic mass is 28.3. The van der Waals surface area contributed by atoms with Gasteiger partial charge in [0, 0.05) is 39.2 Å². The third-order valence-electron chi connectivity index (χ3n) is 7.04. The lowest BCUT2D eigenvalue weighted by atomic mass is 10.1. The molecule has 240 valence electrons. The molecule has 12 heteroatoms. The third kappa shape index (κ3) is 8.52. The summed E-state index contributed by atoms with van der Waals surface area (Å²) in [6, 6.07) is 9.70. The summed E-state index contributed by atoms with van der Waals surface area (Å²) >= 11 is 0. The van der Waals surface area contributed by atoms with Crippen molar-refractivity contribution in [2.45, 2.75) is 85.5 Å². The Balaban J connectivity index is 1.73. The first-order valence-corrected chi connectivity index (χ1v) is 18.9. The minimum Gasteiger partial charge on any atom is -0.461 e. The number of aromatic nitrogens is 5. The van der Waals surface area contributed by atoms with Gasteiger partial charge in [-0.3, -0.25) is 9.78 Å². The highest BCUT2D eigenvalue weighted by molar-refractivity contribution is 6.76. The second-order valence-electron chi connectivity index (χ2n) is 13.1. The Kier molecular flexibility index (Phi) is 10.4. The van der Waals surface area contributed by atoms with Crippen molar-refractivity contribution in [3.05, 3.63) is 65.5 Å². The van der Waals surface area contributed by atoms with E-state index >= 15 is 0 Å². The number of fused-ring (bicyclic) bond motifs is 1. The molecule has 4 rings (SSSR count). The van der Waals surface area contributed by atoms with Gasteiger partial charge in [-0.1, -0.05) is 19.6 Å². The average Bonchev–Trinajstić information content (AvgIpc) is 3.51. The molecule has 0 aliphatic carbocycles. The van der Waals surface area contributed by atoms with Crippen molar-refractivity contribution >= 4 is 37.0 Å². The number of hydrogen-bond acceptors (Lipinski definition) is 9. The van der Waals surface area contributed by atoms with Gasteiger partial charge in [-0.25, -0.2) is 24.1 Å². The highest BCUT2D eigenvalue weighted by Crippen LogP contribution is 2.28. The van der Waals surface area contributed by atoms with Crippen LogP contribution < -0.4 is 0 Å². The molecule has 45 heavy (non-hydrogen) atoms. The smallest absolute Gasteiger partial charge is 0.419 e. The molecule has 0 radical (unpaired) electrons. The lowest BCUT2D eigenvalue weighted by molar-refractivity contribution is 0.0454. The first-order chi connectivity index (χ1) is 21.2. The molecule has 4 heterocycles. The summed E-state index contributed by atoms with van der Waals surface area (Å²) in [5.41, 5.74) is 2.73. The number of imidazole rings is 1. The van der Waals surface area contributed by atoms with E-state index in [-0.39, 0.29) is 31.2 Å². The van der Waals surface area contributed by atoms with Gasteiger partial charge in [0.25, 0.3) is 0 Å². The van der Waals surface area contributed by atoms with Gasteiger partial charge >= 0.3 is 12.1 Å². The van der Waals surface area contributed by atoms with E-state index in [9.17, 15) is 14.4 Å². The molecular formula is C33H43N5O6Si. The van der Waals surface area contributed by atoms with Gasteiger partial charge < -0.3 is 18.8 Å². The Morgan fingerprint density at radius 1 is 1.00 bits per heavy atom. The van der Waals surface area contributed by atoms with E-state index in [2.05, 4.69) is 24.6 Å². The first kappa shape index (κ1) is 33.7. The summed E-state index contributed by atoms with van der Waals surface area (Å²) in [6.45, 7) is 16.6. The van der Waals surface area contributed by atoms with Crippen LogP contribution in [0.1, 0.15) is 66.5 Å². The Bertz CT molecular complexity index is 1680. The quantitative estimate of drug-likeness (QED) is 0.0725. The van der Waals surface area contributed by atoms with Gasteiger partial charge in [0.15, 0.2) is 11.6 Å². The minimum absolute atomic E-state index is 0.00998. The van der Waals surface area contributed by atoms with Crippen LogP contribution in [0, 0.1) is 6.92 Å². The number of Topliss-reactive ketones (excluding diaryl/α,β-unsaturated/α-hetero) is 1. The summed E-state index contributed by atoms with van der Waals surface area (Å²) in [7, 11) is -1.31. The molecule has 0 N–H and O–H groups in total. The molecule has 0 amide bonds. The number of rotatable bonds is 12. The van der Waals surface area contributed by atoms with E-state index in [0.29, 0.717) is 41.3 Å². The lowest BCUT2D eigenvalue weighted by Gasteiger charge is -2.20. The number of nitrogens with zero attached hydrogens (tertiary/aromatic N) is 5. The van der Waals surface area contributed by atoms with E-state index in [4.69, 9.17) is 24.2 Å². The van der Waals surface area contributed by atoms with E-state index in [1.807, 2.05) is 19.1 Å². The van der Waals surface area contributed by atoms with Crippen molar-refractivity contribution in [1.82, 2.24) is 24.1 Å². The van der Waals surface area contributed by atoms with Crippen LogP contribution in [-0.2, 0) is 27.4 Å². The lowest BCUT2D eigenvalue weighted by Crippen LogP contribution is -2.29.